The number of hydrogen-bond donors (Lipinski definition) is 1. The van der Waals surface area contributed by atoms with Crippen molar-refractivity contribution in [2.24, 2.45) is 0 Å². The van der Waals surface area contributed by atoms with Crippen LogP contribution in [0, 0.1) is 19.7 Å². The third-order valence-electron chi connectivity index (χ3n) is 2.17. The van der Waals surface area contributed by atoms with Gasteiger partial charge in [0.25, 0.3) is 0 Å². The van der Waals surface area contributed by atoms with Gasteiger partial charge in [-0.25, -0.2) is 9.18 Å². The molecule has 0 saturated carbocycles. The van der Waals surface area contributed by atoms with Crippen molar-refractivity contribution < 1.29 is 14.3 Å². The molecule has 1 rings (SSSR count). The van der Waals surface area contributed by atoms with E-state index in [0.29, 0.717) is 5.56 Å². The van der Waals surface area contributed by atoms with Crippen molar-refractivity contribution in [2.45, 2.75) is 13.8 Å². The van der Waals surface area contributed by atoms with Crippen LogP contribution in [0.1, 0.15) is 16.7 Å². The van der Waals surface area contributed by atoms with Gasteiger partial charge in [-0.1, -0.05) is 6.07 Å². The van der Waals surface area contributed by atoms with Crippen molar-refractivity contribution in [1.29, 1.82) is 0 Å². The van der Waals surface area contributed by atoms with Crippen LogP contribution < -0.4 is 0 Å². The number of carboxylic acid groups (broad SMARTS) is 1. The first-order valence-electron chi connectivity index (χ1n) is 4.19. The summed E-state index contributed by atoms with van der Waals surface area (Å²) in [5, 5.41) is 8.43. The fourth-order valence-corrected chi connectivity index (χ4v) is 1.15. The molecule has 0 spiro atoms. The van der Waals surface area contributed by atoms with Crippen LogP contribution in [-0.4, -0.2) is 11.1 Å². The second-order valence-electron chi connectivity index (χ2n) is 3.06. The molecule has 3 heteroatoms. The second-order valence-corrected chi connectivity index (χ2v) is 3.06. The number of carbonyl (C=O) groups is 1. The summed E-state index contributed by atoms with van der Waals surface area (Å²) in [7, 11) is 0. The largest absolute Gasteiger partial charge is 0.478 e. The molecular weight excluding hydrogens is 183 g/mol. The fourth-order valence-electron chi connectivity index (χ4n) is 1.15. The number of carboxylic acids is 1. The zero-order chi connectivity index (χ0) is 10.7. The summed E-state index contributed by atoms with van der Waals surface area (Å²) in [6.45, 7) is 3.43. The highest BCUT2D eigenvalue weighted by Gasteiger charge is 2.03. The van der Waals surface area contributed by atoms with Gasteiger partial charge < -0.3 is 5.11 Å². The lowest BCUT2D eigenvalue weighted by Gasteiger charge is -2.04. The standard InChI is InChI=1S/C11H11FO2/c1-7-8(2)10(12)5-3-9(7)4-6-11(13)14/h3-6H,1-2H3,(H,13,14)/b6-4+. The quantitative estimate of drug-likeness (QED) is 0.734. The van der Waals surface area contributed by atoms with Gasteiger partial charge >= 0.3 is 5.97 Å². The Morgan fingerprint density at radius 3 is 2.57 bits per heavy atom. The Balaban J connectivity index is 3.12. The van der Waals surface area contributed by atoms with E-state index in [2.05, 4.69) is 0 Å². The molecule has 0 saturated heterocycles. The normalized spacial score (nSPS) is 10.8. The van der Waals surface area contributed by atoms with E-state index in [0.717, 1.165) is 17.2 Å². The lowest BCUT2D eigenvalue weighted by Crippen LogP contribution is -1.92. The van der Waals surface area contributed by atoms with E-state index < -0.39 is 5.97 Å². The van der Waals surface area contributed by atoms with E-state index in [1.54, 1.807) is 19.9 Å². The van der Waals surface area contributed by atoms with Crippen molar-refractivity contribution >= 4 is 12.0 Å². The number of benzene rings is 1. The molecule has 0 atom stereocenters. The molecule has 1 aromatic carbocycles. The molecule has 1 N–H and O–H groups in total. The molecule has 0 aromatic heterocycles. The van der Waals surface area contributed by atoms with Crippen molar-refractivity contribution in [2.75, 3.05) is 0 Å². The lowest BCUT2D eigenvalue weighted by atomic mass is 10.0. The van der Waals surface area contributed by atoms with Crippen molar-refractivity contribution in [3.05, 3.63) is 40.7 Å². The van der Waals surface area contributed by atoms with E-state index in [4.69, 9.17) is 5.11 Å². The molecule has 0 radical (unpaired) electrons. The summed E-state index contributed by atoms with van der Waals surface area (Å²) in [4.78, 5) is 10.3. The van der Waals surface area contributed by atoms with Crippen LogP contribution in [0.4, 0.5) is 4.39 Å². The molecule has 0 aliphatic carbocycles. The van der Waals surface area contributed by atoms with Crippen LogP contribution in [0.2, 0.25) is 0 Å². The van der Waals surface area contributed by atoms with E-state index in [-0.39, 0.29) is 5.82 Å². The number of rotatable bonds is 2. The van der Waals surface area contributed by atoms with Crippen LogP contribution >= 0.6 is 0 Å². The first-order valence-corrected chi connectivity index (χ1v) is 4.19. The van der Waals surface area contributed by atoms with Gasteiger partial charge in [-0.3, -0.25) is 0 Å². The first-order chi connectivity index (χ1) is 6.52. The monoisotopic (exact) mass is 194 g/mol. The van der Waals surface area contributed by atoms with Crippen molar-refractivity contribution in [3.8, 4) is 0 Å². The first kappa shape index (κ1) is 10.4. The predicted octanol–water partition coefficient (Wildman–Crippen LogP) is 2.54. The summed E-state index contributed by atoms with van der Waals surface area (Å²) in [6.07, 6.45) is 2.50. The minimum absolute atomic E-state index is 0.269. The molecule has 0 fully saturated rings. The van der Waals surface area contributed by atoms with Gasteiger partial charge in [0.05, 0.1) is 0 Å². The van der Waals surface area contributed by atoms with Gasteiger partial charge in [0.1, 0.15) is 5.82 Å². The van der Waals surface area contributed by atoms with Gasteiger partial charge in [0, 0.05) is 6.08 Å². The van der Waals surface area contributed by atoms with Crippen LogP contribution in [0.15, 0.2) is 18.2 Å². The molecule has 74 valence electrons. The number of aliphatic carboxylic acids is 1. The highest BCUT2D eigenvalue weighted by Crippen LogP contribution is 2.17. The Morgan fingerprint density at radius 1 is 1.36 bits per heavy atom. The summed E-state index contributed by atoms with van der Waals surface area (Å²) < 4.78 is 13.0. The number of halogens is 1. The highest BCUT2D eigenvalue weighted by atomic mass is 19.1. The van der Waals surface area contributed by atoms with Crippen LogP contribution in [0.25, 0.3) is 6.08 Å². The molecule has 0 aliphatic rings. The van der Waals surface area contributed by atoms with Crippen LogP contribution in [0.5, 0.6) is 0 Å². The maximum Gasteiger partial charge on any atom is 0.328 e. The average molecular weight is 194 g/mol. The molecule has 0 heterocycles. The Labute approximate surface area is 81.7 Å². The maximum absolute atomic E-state index is 13.0. The Bertz CT molecular complexity index is 395. The van der Waals surface area contributed by atoms with Gasteiger partial charge in [0.15, 0.2) is 0 Å². The second kappa shape index (κ2) is 4.05. The molecule has 0 unspecified atom stereocenters. The topological polar surface area (TPSA) is 37.3 Å². The van der Waals surface area contributed by atoms with Crippen molar-refractivity contribution in [3.63, 3.8) is 0 Å². The fraction of sp³-hybridized carbons (Fsp3) is 0.182. The Morgan fingerprint density at radius 2 is 2.00 bits per heavy atom. The summed E-state index contributed by atoms with van der Waals surface area (Å²) in [5.74, 6) is -1.28. The molecule has 0 amide bonds. The lowest BCUT2D eigenvalue weighted by molar-refractivity contribution is -0.131. The van der Waals surface area contributed by atoms with Gasteiger partial charge in [-0.05, 0) is 42.7 Å². The molecular formula is C11H11FO2. The minimum Gasteiger partial charge on any atom is -0.478 e. The highest BCUT2D eigenvalue weighted by molar-refractivity contribution is 5.85. The van der Waals surface area contributed by atoms with E-state index >= 15 is 0 Å². The number of hydrogen-bond acceptors (Lipinski definition) is 1. The van der Waals surface area contributed by atoms with E-state index in [1.165, 1.54) is 12.1 Å². The van der Waals surface area contributed by atoms with Gasteiger partial charge in [0.2, 0.25) is 0 Å². The predicted molar refractivity (Wildman–Crippen MR) is 52.5 cm³/mol. The molecule has 1 aromatic rings. The zero-order valence-corrected chi connectivity index (χ0v) is 8.04. The molecule has 14 heavy (non-hydrogen) atoms. The van der Waals surface area contributed by atoms with E-state index in [1.807, 2.05) is 0 Å². The third kappa shape index (κ3) is 2.19. The van der Waals surface area contributed by atoms with Crippen LogP contribution in [-0.2, 0) is 4.79 Å². The smallest absolute Gasteiger partial charge is 0.328 e. The summed E-state index contributed by atoms with van der Waals surface area (Å²) in [5.41, 5.74) is 2.05. The van der Waals surface area contributed by atoms with Crippen molar-refractivity contribution in [1.82, 2.24) is 0 Å². The van der Waals surface area contributed by atoms with Gasteiger partial charge in [-0.2, -0.15) is 0 Å². The molecule has 0 aliphatic heterocycles. The Hall–Kier alpha value is -1.64. The SMILES string of the molecule is Cc1c(F)ccc(/C=C/C(=O)O)c1C. The summed E-state index contributed by atoms with van der Waals surface area (Å²) in [6, 6.07) is 2.90. The third-order valence-corrected chi connectivity index (χ3v) is 2.17. The Kier molecular flexibility index (Phi) is 3.02. The minimum atomic E-state index is -1.01. The van der Waals surface area contributed by atoms with Gasteiger partial charge in [-0.15, -0.1) is 0 Å². The summed E-state index contributed by atoms with van der Waals surface area (Å²) >= 11 is 0. The zero-order valence-electron chi connectivity index (χ0n) is 8.04. The molecule has 0 bridgehead atoms. The molecule has 2 nitrogen and oxygen atoms in total. The van der Waals surface area contributed by atoms with Crippen LogP contribution in [0.3, 0.4) is 0 Å². The maximum atomic E-state index is 13.0. The van der Waals surface area contributed by atoms with E-state index in [9.17, 15) is 9.18 Å². The average Bonchev–Trinajstić information content (AvgIpc) is 2.13.